The minimum absolute atomic E-state index is 0.281. The smallest absolute Gasteiger partial charge is 0.228 e. The van der Waals surface area contributed by atoms with Gasteiger partial charge in [-0.05, 0) is 6.26 Å². The molecule has 0 aliphatic rings. The Morgan fingerprint density at radius 3 is 2.23 bits per heavy atom. The van der Waals surface area contributed by atoms with Crippen LogP contribution in [0.1, 0.15) is 5.56 Å². The monoisotopic (exact) mass is 206 g/mol. The van der Waals surface area contributed by atoms with E-state index in [2.05, 4.69) is 0 Å². The zero-order chi connectivity index (χ0) is 9.90. The standard InChI is InChI=1S/C9H9F3S/c1-13-8(10)9(11,12)7-5-3-2-4-6-7/h2-6,8H,1H3. The molecule has 0 fully saturated rings. The molecule has 0 amide bonds. The largest absolute Gasteiger partial charge is 0.313 e. The van der Waals surface area contributed by atoms with Crippen molar-refractivity contribution in [3.63, 3.8) is 0 Å². The van der Waals surface area contributed by atoms with E-state index >= 15 is 0 Å². The molecule has 0 nitrogen and oxygen atoms in total. The minimum Gasteiger partial charge on any atom is -0.228 e. The van der Waals surface area contributed by atoms with Crippen LogP contribution < -0.4 is 0 Å². The van der Waals surface area contributed by atoms with Crippen LogP contribution in [0.2, 0.25) is 0 Å². The molecule has 72 valence electrons. The Hall–Kier alpha value is -0.640. The van der Waals surface area contributed by atoms with Gasteiger partial charge in [0.2, 0.25) is 5.50 Å². The number of alkyl halides is 3. The van der Waals surface area contributed by atoms with Crippen LogP contribution in [0.5, 0.6) is 0 Å². The third-order valence-corrected chi connectivity index (χ3v) is 2.36. The van der Waals surface area contributed by atoms with Gasteiger partial charge in [0.25, 0.3) is 0 Å². The molecule has 0 heterocycles. The highest BCUT2D eigenvalue weighted by Gasteiger charge is 2.41. The number of rotatable bonds is 3. The summed E-state index contributed by atoms with van der Waals surface area (Å²) in [4.78, 5) is 0. The van der Waals surface area contributed by atoms with Gasteiger partial charge in [0.1, 0.15) is 0 Å². The van der Waals surface area contributed by atoms with Crippen molar-refractivity contribution < 1.29 is 13.2 Å². The summed E-state index contributed by atoms with van der Waals surface area (Å²) in [6.07, 6.45) is 1.32. The summed E-state index contributed by atoms with van der Waals surface area (Å²) in [5.74, 6) is -3.40. The van der Waals surface area contributed by atoms with Crippen molar-refractivity contribution in [1.82, 2.24) is 0 Å². The van der Waals surface area contributed by atoms with E-state index in [0.29, 0.717) is 11.8 Å². The molecule has 0 saturated carbocycles. The van der Waals surface area contributed by atoms with Gasteiger partial charge in [-0.25, -0.2) is 4.39 Å². The lowest BCUT2D eigenvalue weighted by Gasteiger charge is -2.19. The molecule has 0 spiro atoms. The Kier molecular flexibility index (Phi) is 3.25. The SMILES string of the molecule is CSC(F)C(F)(F)c1ccccc1. The first-order valence-electron chi connectivity index (χ1n) is 3.69. The normalized spacial score (nSPS) is 14.2. The Morgan fingerprint density at radius 1 is 1.23 bits per heavy atom. The highest BCUT2D eigenvalue weighted by Crippen LogP contribution is 2.37. The van der Waals surface area contributed by atoms with Gasteiger partial charge in [0.05, 0.1) is 0 Å². The molecule has 0 aromatic heterocycles. The Morgan fingerprint density at radius 2 is 1.77 bits per heavy atom. The highest BCUT2D eigenvalue weighted by molar-refractivity contribution is 7.99. The molecule has 1 unspecified atom stereocenters. The fraction of sp³-hybridized carbons (Fsp3) is 0.333. The average molecular weight is 206 g/mol. The molecule has 4 heteroatoms. The number of hydrogen-bond acceptors (Lipinski definition) is 1. The van der Waals surface area contributed by atoms with Crippen LogP contribution in [0.4, 0.5) is 13.2 Å². The van der Waals surface area contributed by atoms with E-state index in [9.17, 15) is 13.2 Å². The average Bonchev–Trinajstić information content (AvgIpc) is 2.18. The van der Waals surface area contributed by atoms with Crippen molar-refractivity contribution in [2.24, 2.45) is 0 Å². The second-order valence-electron chi connectivity index (χ2n) is 2.54. The van der Waals surface area contributed by atoms with Gasteiger partial charge in [0.15, 0.2) is 0 Å². The molecular weight excluding hydrogens is 197 g/mol. The zero-order valence-corrected chi connectivity index (χ0v) is 7.82. The Bertz CT molecular complexity index is 261. The number of halogens is 3. The molecule has 1 rings (SSSR count). The van der Waals surface area contributed by atoms with E-state index in [0.717, 1.165) is 0 Å². The predicted octanol–water partition coefficient (Wildman–Crippen LogP) is 3.44. The molecule has 0 N–H and O–H groups in total. The van der Waals surface area contributed by atoms with Crippen LogP contribution in [0.3, 0.4) is 0 Å². The quantitative estimate of drug-likeness (QED) is 0.730. The second-order valence-corrected chi connectivity index (χ2v) is 3.43. The highest BCUT2D eigenvalue weighted by atomic mass is 32.2. The molecule has 0 radical (unpaired) electrons. The fourth-order valence-corrected chi connectivity index (χ4v) is 1.37. The van der Waals surface area contributed by atoms with Gasteiger partial charge in [-0.1, -0.05) is 30.3 Å². The van der Waals surface area contributed by atoms with Crippen molar-refractivity contribution in [3.05, 3.63) is 35.9 Å². The summed E-state index contributed by atoms with van der Waals surface area (Å²) >= 11 is 0.510. The molecule has 13 heavy (non-hydrogen) atoms. The fourth-order valence-electron chi connectivity index (χ4n) is 0.939. The zero-order valence-electron chi connectivity index (χ0n) is 7.01. The van der Waals surface area contributed by atoms with Gasteiger partial charge < -0.3 is 0 Å². The van der Waals surface area contributed by atoms with Crippen LogP contribution in [0, 0.1) is 0 Å². The van der Waals surface area contributed by atoms with Crippen LogP contribution in [-0.2, 0) is 5.92 Å². The van der Waals surface area contributed by atoms with Crippen molar-refractivity contribution in [2.75, 3.05) is 6.26 Å². The van der Waals surface area contributed by atoms with E-state index in [1.807, 2.05) is 0 Å². The Labute approximate surface area is 79.1 Å². The summed E-state index contributed by atoms with van der Waals surface area (Å²) in [7, 11) is 0. The summed E-state index contributed by atoms with van der Waals surface area (Å²) in [6.45, 7) is 0. The van der Waals surface area contributed by atoms with E-state index < -0.39 is 11.4 Å². The molecule has 0 aliphatic heterocycles. The minimum atomic E-state index is -3.40. The summed E-state index contributed by atoms with van der Waals surface area (Å²) in [5.41, 5.74) is -2.47. The lowest BCUT2D eigenvalue weighted by Crippen LogP contribution is -2.24. The van der Waals surface area contributed by atoms with Crippen LogP contribution in [0.15, 0.2) is 30.3 Å². The third-order valence-electron chi connectivity index (χ3n) is 1.65. The lowest BCUT2D eigenvalue weighted by atomic mass is 10.1. The molecule has 1 aromatic rings. The summed E-state index contributed by atoms with van der Waals surface area (Å²) in [6, 6.07) is 7.00. The molecule has 1 aromatic carbocycles. The molecule has 0 aliphatic carbocycles. The van der Waals surface area contributed by atoms with E-state index in [4.69, 9.17) is 0 Å². The van der Waals surface area contributed by atoms with Crippen molar-refractivity contribution >= 4 is 11.8 Å². The number of thioether (sulfide) groups is 1. The molecular formula is C9H9F3S. The topological polar surface area (TPSA) is 0 Å². The van der Waals surface area contributed by atoms with Crippen LogP contribution in [-0.4, -0.2) is 11.8 Å². The molecule has 1 atom stereocenters. The van der Waals surface area contributed by atoms with Gasteiger partial charge in [-0.15, -0.1) is 11.8 Å². The van der Waals surface area contributed by atoms with Gasteiger partial charge in [0, 0.05) is 5.56 Å². The van der Waals surface area contributed by atoms with Gasteiger partial charge in [-0.2, -0.15) is 8.78 Å². The van der Waals surface area contributed by atoms with E-state index in [1.54, 1.807) is 6.07 Å². The number of hydrogen-bond donors (Lipinski definition) is 0. The Balaban J connectivity index is 2.93. The van der Waals surface area contributed by atoms with E-state index in [1.165, 1.54) is 30.5 Å². The maximum absolute atomic E-state index is 13.2. The predicted molar refractivity (Wildman–Crippen MR) is 48.7 cm³/mol. The number of benzene rings is 1. The maximum atomic E-state index is 13.2. The van der Waals surface area contributed by atoms with Crippen LogP contribution in [0.25, 0.3) is 0 Å². The van der Waals surface area contributed by atoms with Crippen molar-refractivity contribution in [3.8, 4) is 0 Å². The molecule has 0 bridgehead atoms. The summed E-state index contributed by atoms with van der Waals surface area (Å²) < 4.78 is 39.1. The van der Waals surface area contributed by atoms with Crippen molar-refractivity contribution in [2.45, 2.75) is 11.4 Å². The lowest BCUT2D eigenvalue weighted by molar-refractivity contribution is -0.0430. The van der Waals surface area contributed by atoms with Gasteiger partial charge >= 0.3 is 5.92 Å². The third kappa shape index (κ3) is 2.18. The van der Waals surface area contributed by atoms with Gasteiger partial charge in [-0.3, -0.25) is 0 Å². The van der Waals surface area contributed by atoms with E-state index in [-0.39, 0.29) is 5.56 Å². The maximum Gasteiger partial charge on any atom is 0.313 e. The first kappa shape index (κ1) is 10.4. The van der Waals surface area contributed by atoms with Crippen LogP contribution >= 0.6 is 11.8 Å². The molecule has 0 saturated heterocycles. The summed E-state index contributed by atoms with van der Waals surface area (Å²) in [5, 5.41) is 0. The van der Waals surface area contributed by atoms with Crippen molar-refractivity contribution in [1.29, 1.82) is 0 Å². The first-order valence-corrected chi connectivity index (χ1v) is 4.98. The first-order chi connectivity index (χ1) is 6.09. The second kappa shape index (κ2) is 4.05.